The molecular formula is C15H23N5O3S. The first-order valence-electron chi connectivity index (χ1n) is 8.06. The molecule has 132 valence electrons. The van der Waals surface area contributed by atoms with Gasteiger partial charge >= 0.3 is 0 Å². The number of sulfonamides is 1. The molecule has 1 saturated heterocycles. The van der Waals surface area contributed by atoms with E-state index in [0.717, 1.165) is 24.9 Å². The minimum absolute atomic E-state index is 0.157. The molecule has 3 atom stereocenters. The Morgan fingerprint density at radius 1 is 1.38 bits per heavy atom. The highest BCUT2D eigenvalue weighted by atomic mass is 32.2. The van der Waals surface area contributed by atoms with Crippen LogP contribution in [0.15, 0.2) is 18.6 Å². The van der Waals surface area contributed by atoms with Crippen molar-refractivity contribution < 1.29 is 13.2 Å². The van der Waals surface area contributed by atoms with Crippen molar-refractivity contribution in [1.29, 1.82) is 0 Å². The predicted molar refractivity (Wildman–Crippen MR) is 89.9 cm³/mol. The number of hydrogen-bond acceptors (Lipinski definition) is 6. The molecule has 2 fully saturated rings. The Morgan fingerprint density at radius 2 is 2.17 bits per heavy atom. The van der Waals surface area contributed by atoms with Gasteiger partial charge in [-0.15, -0.1) is 0 Å². The van der Waals surface area contributed by atoms with Crippen molar-refractivity contribution in [3.63, 3.8) is 0 Å². The molecule has 9 heteroatoms. The van der Waals surface area contributed by atoms with Crippen LogP contribution in [0.25, 0.3) is 0 Å². The smallest absolute Gasteiger partial charge is 0.237 e. The van der Waals surface area contributed by atoms with Gasteiger partial charge in [-0.1, -0.05) is 0 Å². The minimum Gasteiger partial charge on any atom is -0.355 e. The molecule has 0 radical (unpaired) electrons. The van der Waals surface area contributed by atoms with E-state index in [2.05, 4.69) is 19.6 Å². The third-order valence-corrected chi connectivity index (χ3v) is 5.73. The Labute approximate surface area is 142 Å². The summed E-state index contributed by atoms with van der Waals surface area (Å²) in [4.78, 5) is 24.6. The molecule has 0 spiro atoms. The van der Waals surface area contributed by atoms with E-state index in [0.29, 0.717) is 31.0 Å². The summed E-state index contributed by atoms with van der Waals surface area (Å²) >= 11 is 0. The second-order valence-electron chi connectivity index (χ2n) is 6.64. The standard InChI is InChI=1S/C15H23N5O3S/c1-19(14-7-16-5-6-17-14)13-4-3-11-9-20(10-12(11)13)15(21)8-18-24(2,22)23/h5-7,11-13,18H,3-4,8-10H2,1-2H3/t11-,12+,13-/m1/s1. The number of amides is 1. The van der Waals surface area contributed by atoms with Crippen LogP contribution in [0.5, 0.6) is 0 Å². The molecule has 1 aliphatic heterocycles. The molecule has 1 aromatic heterocycles. The van der Waals surface area contributed by atoms with Crippen LogP contribution in [0.4, 0.5) is 5.82 Å². The van der Waals surface area contributed by atoms with E-state index >= 15 is 0 Å². The molecule has 3 rings (SSSR count). The van der Waals surface area contributed by atoms with Gasteiger partial charge in [0.15, 0.2) is 0 Å². The van der Waals surface area contributed by atoms with E-state index < -0.39 is 10.0 Å². The summed E-state index contributed by atoms with van der Waals surface area (Å²) in [7, 11) is -1.33. The van der Waals surface area contributed by atoms with E-state index in [4.69, 9.17) is 0 Å². The molecule has 2 aliphatic rings. The Bertz CT molecular complexity index is 696. The Morgan fingerprint density at radius 3 is 2.83 bits per heavy atom. The van der Waals surface area contributed by atoms with E-state index in [-0.39, 0.29) is 12.5 Å². The van der Waals surface area contributed by atoms with Crippen molar-refractivity contribution >= 4 is 21.7 Å². The number of carbonyl (C=O) groups is 1. The van der Waals surface area contributed by atoms with Gasteiger partial charge in [0.1, 0.15) is 5.82 Å². The maximum absolute atomic E-state index is 12.2. The second-order valence-corrected chi connectivity index (χ2v) is 8.47. The average Bonchev–Trinajstić information content (AvgIpc) is 3.12. The number of aromatic nitrogens is 2. The lowest BCUT2D eigenvalue weighted by atomic mass is 9.97. The van der Waals surface area contributed by atoms with Gasteiger partial charge in [0, 0.05) is 44.5 Å². The van der Waals surface area contributed by atoms with Gasteiger partial charge in [0.2, 0.25) is 15.9 Å². The monoisotopic (exact) mass is 353 g/mol. The van der Waals surface area contributed by atoms with Crippen LogP contribution in [-0.4, -0.2) is 68.2 Å². The number of carbonyl (C=O) groups excluding carboxylic acids is 1. The quantitative estimate of drug-likeness (QED) is 0.781. The van der Waals surface area contributed by atoms with Crippen molar-refractivity contribution in [1.82, 2.24) is 19.6 Å². The fourth-order valence-corrected chi connectivity index (χ4v) is 4.25. The summed E-state index contributed by atoms with van der Waals surface area (Å²) in [5, 5.41) is 0. The topological polar surface area (TPSA) is 95.5 Å². The molecule has 1 aromatic rings. The molecule has 1 N–H and O–H groups in total. The first-order valence-corrected chi connectivity index (χ1v) is 9.95. The molecular weight excluding hydrogens is 330 g/mol. The molecule has 8 nitrogen and oxygen atoms in total. The van der Waals surface area contributed by atoms with Gasteiger partial charge in [-0.25, -0.2) is 18.1 Å². The van der Waals surface area contributed by atoms with Crippen LogP contribution in [-0.2, 0) is 14.8 Å². The SMILES string of the molecule is CN(c1cnccn1)[C@@H]1CC[C@@H]2CN(C(=O)CNS(C)(=O)=O)C[C@@H]21. The summed E-state index contributed by atoms with van der Waals surface area (Å²) in [5.41, 5.74) is 0. The van der Waals surface area contributed by atoms with Crippen molar-refractivity contribution in [3.05, 3.63) is 18.6 Å². The van der Waals surface area contributed by atoms with Gasteiger partial charge in [0.05, 0.1) is 19.0 Å². The summed E-state index contributed by atoms with van der Waals surface area (Å²) < 4.78 is 24.6. The number of nitrogens with zero attached hydrogens (tertiary/aromatic N) is 4. The average molecular weight is 353 g/mol. The molecule has 0 unspecified atom stereocenters. The summed E-state index contributed by atoms with van der Waals surface area (Å²) in [6, 6.07) is 0.326. The Kier molecular flexibility index (Phi) is 4.73. The predicted octanol–water partition coefficient (Wildman–Crippen LogP) is -0.301. The lowest BCUT2D eigenvalue weighted by molar-refractivity contribution is -0.129. The third-order valence-electron chi connectivity index (χ3n) is 5.07. The van der Waals surface area contributed by atoms with Crippen LogP contribution in [0, 0.1) is 11.8 Å². The fraction of sp³-hybridized carbons (Fsp3) is 0.667. The Hall–Kier alpha value is -1.74. The maximum atomic E-state index is 12.2. The van der Waals surface area contributed by atoms with E-state index in [1.165, 1.54) is 0 Å². The highest BCUT2D eigenvalue weighted by molar-refractivity contribution is 7.88. The fourth-order valence-electron chi connectivity index (χ4n) is 3.87. The van der Waals surface area contributed by atoms with Gasteiger partial charge in [-0.3, -0.25) is 9.78 Å². The van der Waals surface area contributed by atoms with Crippen LogP contribution in [0.3, 0.4) is 0 Å². The first-order chi connectivity index (χ1) is 11.3. The normalized spacial score (nSPS) is 26.4. The molecule has 0 bridgehead atoms. The van der Waals surface area contributed by atoms with Crippen molar-refractivity contribution in [2.45, 2.75) is 18.9 Å². The van der Waals surface area contributed by atoms with Crippen molar-refractivity contribution in [3.8, 4) is 0 Å². The van der Waals surface area contributed by atoms with Crippen molar-refractivity contribution in [2.75, 3.05) is 37.8 Å². The zero-order chi connectivity index (χ0) is 17.3. The number of anilines is 1. The number of nitrogens with one attached hydrogen (secondary N) is 1. The van der Waals surface area contributed by atoms with Crippen LogP contribution in [0.2, 0.25) is 0 Å². The minimum atomic E-state index is -3.35. The molecule has 1 aliphatic carbocycles. The van der Waals surface area contributed by atoms with Gasteiger partial charge < -0.3 is 9.80 Å². The van der Waals surface area contributed by atoms with E-state index in [9.17, 15) is 13.2 Å². The molecule has 0 aromatic carbocycles. The lowest BCUT2D eigenvalue weighted by Gasteiger charge is -2.30. The number of fused-ring (bicyclic) bond motifs is 1. The maximum Gasteiger partial charge on any atom is 0.237 e. The second kappa shape index (κ2) is 6.64. The zero-order valence-electron chi connectivity index (χ0n) is 13.9. The highest BCUT2D eigenvalue weighted by Crippen LogP contribution is 2.41. The van der Waals surface area contributed by atoms with E-state index in [1.54, 1.807) is 23.5 Å². The highest BCUT2D eigenvalue weighted by Gasteiger charge is 2.45. The third kappa shape index (κ3) is 3.67. The van der Waals surface area contributed by atoms with Gasteiger partial charge in [-0.2, -0.15) is 0 Å². The van der Waals surface area contributed by atoms with Crippen LogP contribution in [0.1, 0.15) is 12.8 Å². The number of rotatable bonds is 5. The molecule has 2 heterocycles. The van der Waals surface area contributed by atoms with Crippen LogP contribution < -0.4 is 9.62 Å². The Balaban J connectivity index is 1.62. The number of likely N-dealkylation sites (tertiary alicyclic amines) is 1. The van der Waals surface area contributed by atoms with E-state index in [1.807, 2.05) is 7.05 Å². The first kappa shape index (κ1) is 17.1. The van der Waals surface area contributed by atoms with Gasteiger partial charge in [0.25, 0.3) is 0 Å². The summed E-state index contributed by atoms with van der Waals surface area (Å²) in [6.07, 6.45) is 8.29. The summed E-state index contributed by atoms with van der Waals surface area (Å²) in [6.45, 7) is 1.22. The molecule has 1 amide bonds. The molecule has 1 saturated carbocycles. The lowest BCUT2D eigenvalue weighted by Crippen LogP contribution is -2.41. The zero-order valence-corrected chi connectivity index (χ0v) is 14.7. The summed E-state index contributed by atoms with van der Waals surface area (Å²) in [5.74, 6) is 1.54. The largest absolute Gasteiger partial charge is 0.355 e. The number of hydrogen-bond donors (Lipinski definition) is 1. The van der Waals surface area contributed by atoms with Crippen molar-refractivity contribution in [2.24, 2.45) is 11.8 Å². The molecule has 24 heavy (non-hydrogen) atoms. The van der Waals surface area contributed by atoms with Gasteiger partial charge in [-0.05, 0) is 18.8 Å². The van der Waals surface area contributed by atoms with Crippen LogP contribution >= 0.6 is 0 Å².